The average Bonchev–Trinajstić information content (AvgIpc) is 3.36. The number of para-hydroxylation sites is 1. The van der Waals surface area contributed by atoms with Crippen LogP contribution in [0.25, 0.3) is 6.08 Å². The molecule has 1 fully saturated rings. The minimum Gasteiger partial charge on any atom is -0.493 e. The number of rotatable bonds is 11. The third kappa shape index (κ3) is 7.48. The SMILES string of the molecule is COc1cccc(C=C(NC(=O)c2ccccc2)C(=O)Nc2cccc(SC3CC(=O)N(c4ccc([N+](=O)[O-])cc4)C3=O)c2)c1OC. The first kappa shape index (κ1) is 32.4. The average molecular weight is 653 g/mol. The zero-order valence-electron chi connectivity index (χ0n) is 25.2. The number of benzene rings is 4. The molecule has 0 saturated carbocycles. The number of nitro benzene ring substituents is 1. The van der Waals surface area contributed by atoms with Crippen molar-refractivity contribution in [3.05, 3.63) is 124 Å². The van der Waals surface area contributed by atoms with E-state index in [1.807, 2.05) is 0 Å². The zero-order valence-corrected chi connectivity index (χ0v) is 26.0. The summed E-state index contributed by atoms with van der Waals surface area (Å²) in [4.78, 5) is 64.7. The molecular formula is C34H28N4O8S. The predicted molar refractivity (Wildman–Crippen MR) is 176 cm³/mol. The smallest absolute Gasteiger partial charge is 0.272 e. The number of non-ortho nitro benzene ring substituents is 1. The third-order valence-corrected chi connectivity index (χ3v) is 8.24. The molecule has 1 saturated heterocycles. The molecule has 47 heavy (non-hydrogen) atoms. The van der Waals surface area contributed by atoms with Crippen molar-refractivity contribution < 1.29 is 33.6 Å². The lowest BCUT2D eigenvalue weighted by Crippen LogP contribution is -2.31. The standard InChI is InChI=1S/C34H28N4O8S/c1-45-28-13-6-10-22(31(28)46-2)18-27(36-32(40)21-8-4-3-5-9-21)33(41)35-23-11-7-12-26(19-23)47-29-20-30(39)37(34(29)42)24-14-16-25(17-15-24)38(43)44/h3-19,29H,20H2,1-2H3,(H,35,41)(H,36,40). The Hall–Kier alpha value is -5.95. The van der Waals surface area contributed by atoms with E-state index in [0.29, 0.717) is 33.2 Å². The number of ether oxygens (including phenoxy) is 2. The highest BCUT2D eigenvalue weighted by atomic mass is 32.2. The van der Waals surface area contributed by atoms with Crippen LogP contribution in [0.15, 0.2) is 108 Å². The number of carbonyl (C=O) groups is 4. The number of nitrogens with zero attached hydrogens (tertiary/aromatic N) is 2. The summed E-state index contributed by atoms with van der Waals surface area (Å²) in [6.07, 6.45) is 1.41. The van der Waals surface area contributed by atoms with Gasteiger partial charge >= 0.3 is 0 Å². The van der Waals surface area contributed by atoms with Crippen LogP contribution in [0.4, 0.5) is 17.1 Å². The van der Waals surface area contributed by atoms with Crippen LogP contribution in [0.5, 0.6) is 11.5 Å². The van der Waals surface area contributed by atoms with Crippen molar-refractivity contribution in [1.29, 1.82) is 0 Å². The first-order valence-electron chi connectivity index (χ1n) is 14.2. The normalized spacial score (nSPS) is 14.5. The first-order valence-corrected chi connectivity index (χ1v) is 15.0. The molecule has 0 aromatic heterocycles. The first-order chi connectivity index (χ1) is 22.7. The monoisotopic (exact) mass is 652 g/mol. The van der Waals surface area contributed by atoms with Gasteiger partial charge in [0.15, 0.2) is 11.5 Å². The summed E-state index contributed by atoms with van der Waals surface area (Å²) in [6.45, 7) is 0. The van der Waals surface area contributed by atoms with Crippen LogP contribution in [0.3, 0.4) is 0 Å². The highest BCUT2D eigenvalue weighted by molar-refractivity contribution is 8.00. The molecule has 13 heteroatoms. The van der Waals surface area contributed by atoms with Gasteiger partial charge in [-0.15, -0.1) is 11.8 Å². The molecule has 1 heterocycles. The number of anilines is 2. The van der Waals surface area contributed by atoms with Crippen LogP contribution in [0, 0.1) is 10.1 Å². The lowest BCUT2D eigenvalue weighted by molar-refractivity contribution is -0.384. The summed E-state index contributed by atoms with van der Waals surface area (Å²) < 4.78 is 10.9. The van der Waals surface area contributed by atoms with Gasteiger partial charge in [0, 0.05) is 40.3 Å². The van der Waals surface area contributed by atoms with Crippen LogP contribution in [0.2, 0.25) is 0 Å². The van der Waals surface area contributed by atoms with Gasteiger partial charge in [0.1, 0.15) is 5.70 Å². The lowest BCUT2D eigenvalue weighted by atomic mass is 10.1. The molecule has 4 amide bonds. The van der Waals surface area contributed by atoms with Crippen LogP contribution < -0.4 is 25.0 Å². The molecule has 2 N–H and O–H groups in total. The second-order valence-electron chi connectivity index (χ2n) is 10.1. The predicted octanol–water partition coefficient (Wildman–Crippen LogP) is 5.45. The minimum absolute atomic E-state index is 0.0706. The lowest BCUT2D eigenvalue weighted by Gasteiger charge is -2.15. The van der Waals surface area contributed by atoms with Gasteiger partial charge in [0.05, 0.1) is 30.1 Å². The van der Waals surface area contributed by atoms with E-state index in [1.54, 1.807) is 72.8 Å². The van der Waals surface area contributed by atoms with E-state index < -0.39 is 33.8 Å². The van der Waals surface area contributed by atoms with Crippen molar-refractivity contribution in [3.8, 4) is 11.5 Å². The summed E-state index contributed by atoms with van der Waals surface area (Å²) in [7, 11) is 2.96. The number of imide groups is 1. The molecule has 238 valence electrons. The summed E-state index contributed by atoms with van der Waals surface area (Å²) in [6, 6.07) is 25.5. The Labute approximate surface area is 273 Å². The van der Waals surface area contributed by atoms with Crippen molar-refractivity contribution in [2.75, 3.05) is 24.4 Å². The largest absolute Gasteiger partial charge is 0.493 e. The molecular weight excluding hydrogens is 624 g/mol. The Balaban J connectivity index is 1.36. The van der Waals surface area contributed by atoms with Gasteiger partial charge < -0.3 is 20.1 Å². The van der Waals surface area contributed by atoms with Crippen molar-refractivity contribution in [1.82, 2.24) is 5.32 Å². The third-order valence-electron chi connectivity index (χ3n) is 7.06. The highest BCUT2D eigenvalue weighted by Gasteiger charge is 2.40. The molecule has 0 bridgehead atoms. The molecule has 0 spiro atoms. The number of methoxy groups -OCH3 is 2. The van der Waals surface area contributed by atoms with E-state index >= 15 is 0 Å². The van der Waals surface area contributed by atoms with E-state index in [0.717, 1.165) is 16.7 Å². The Bertz CT molecular complexity index is 1880. The maximum absolute atomic E-state index is 13.6. The number of nitro groups is 1. The minimum atomic E-state index is -0.746. The second-order valence-corrected chi connectivity index (χ2v) is 11.4. The van der Waals surface area contributed by atoms with Gasteiger partial charge in [-0.05, 0) is 54.6 Å². The molecule has 1 aliphatic rings. The van der Waals surface area contributed by atoms with Crippen molar-refractivity contribution in [2.45, 2.75) is 16.6 Å². The van der Waals surface area contributed by atoms with Crippen molar-refractivity contribution in [2.24, 2.45) is 0 Å². The fourth-order valence-corrected chi connectivity index (χ4v) is 5.94. The van der Waals surface area contributed by atoms with Crippen molar-refractivity contribution >= 4 is 58.5 Å². The molecule has 4 aromatic carbocycles. The molecule has 0 aliphatic carbocycles. The molecule has 5 rings (SSSR count). The van der Waals surface area contributed by atoms with Crippen LogP contribution in [-0.4, -0.2) is 48.0 Å². The number of carbonyl (C=O) groups excluding carboxylic acids is 4. The topological polar surface area (TPSA) is 157 Å². The van der Waals surface area contributed by atoms with E-state index in [-0.39, 0.29) is 23.5 Å². The Morgan fingerprint density at radius 3 is 2.34 bits per heavy atom. The molecule has 0 radical (unpaired) electrons. The van der Waals surface area contributed by atoms with Gasteiger partial charge in [-0.1, -0.05) is 36.4 Å². The van der Waals surface area contributed by atoms with Gasteiger partial charge in [0.2, 0.25) is 11.8 Å². The van der Waals surface area contributed by atoms with Gasteiger partial charge in [-0.25, -0.2) is 4.90 Å². The van der Waals surface area contributed by atoms with E-state index in [1.165, 1.54) is 44.6 Å². The van der Waals surface area contributed by atoms with Crippen LogP contribution >= 0.6 is 11.8 Å². The number of thioether (sulfide) groups is 1. The number of nitrogens with one attached hydrogen (secondary N) is 2. The Kier molecular flexibility index (Phi) is 9.96. The van der Waals surface area contributed by atoms with Gasteiger partial charge in [0.25, 0.3) is 17.5 Å². The number of hydrogen-bond acceptors (Lipinski definition) is 9. The van der Waals surface area contributed by atoms with Crippen molar-refractivity contribution in [3.63, 3.8) is 0 Å². The van der Waals surface area contributed by atoms with Gasteiger partial charge in [-0.3, -0.25) is 29.3 Å². The van der Waals surface area contributed by atoms with Gasteiger partial charge in [-0.2, -0.15) is 0 Å². The van der Waals surface area contributed by atoms with E-state index in [2.05, 4.69) is 10.6 Å². The molecule has 4 aromatic rings. The highest BCUT2D eigenvalue weighted by Crippen LogP contribution is 2.36. The van der Waals surface area contributed by atoms with Crippen LogP contribution in [0.1, 0.15) is 22.3 Å². The summed E-state index contributed by atoms with van der Waals surface area (Å²) >= 11 is 1.15. The Morgan fingerprint density at radius 1 is 0.936 bits per heavy atom. The fraction of sp³-hybridized carbons (Fsp3) is 0.118. The number of amides is 4. The maximum Gasteiger partial charge on any atom is 0.272 e. The maximum atomic E-state index is 13.6. The molecule has 1 unspecified atom stereocenters. The number of hydrogen-bond donors (Lipinski definition) is 2. The second kappa shape index (κ2) is 14.4. The summed E-state index contributed by atoms with van der Waals surface area (Å²) in [5.41, 5.74) is 1.23. The van der Waals surface area contributed by atoms with E-state index in [4.69, 9.17) is 9.47 Å². The van der Waals surface area contributed by atoms with E-state index in [9.17, 15) is 29.3 Å². The Morgan fingerprint density at radius 2 is 1.66 bits per heavy atom. The molecule has 1 aliphatic heterocycles. The quantitative estimate of drug-likeness (QED) is 0.0931. The molecule has 12 nitrogen and oxygen atoms in total. The molecule has 1 atom stereocenters. The fourth-order valence-electron chi connectivity index (χ4n) is 4.82. The summed E-state index contributed by atoms with van der Waals surface area (Å²) in [5, 5.41) is 15.7. The van der Waals surface area contributed by atoms with Crippen LogP contribution in [-0.2, 0) is 14.4 Å². The summed E-state index contributed by atoms with van der Waals surface area (Å²) in [5.74, 6) is -1.21. The zero-order chi connectivity index (χ0) is 33.5.